The zero-order chi connectivity index (χ0) is 14.4. The van der Waals surface area contributed by atoms with E-state index >= 15 is 0 Å². The predicted molar refractivity (Wildman–Crippen MR) is 71.8 cm³/mol. The minimum absolute atomic E-state index is 0.204. The molecule has 0 spiro atoms. The Hall–Kier alpha value is -2.49. The number of nitrogen functional groups attached to an aromatic ring is 1. The molecule has 0 aliphatic carbocycles. The summed E-state index contributed by atoms with van der Waals surface area (Å²) in [5, 5.41) is 10.9. The van der Waals surface area contributed by atoms with Crippen molar-refractivity contribution in [1.82, 2.24) is 29.7 Å². The number of ether oxygens (including phenoxy) is 1. The van der Waals surface area contributed by atoms with Crippen LogP contribution in [0.4, 0.5) is 11.9 Å². The van der Waals surface area contributed by atoms with Crippen molar-refractivity contribution in [3.05, 3.63) is 12.2 Å². The molecule has 0 saturated heterocycles. The average Bonchev–Trinajstić information content (AvgIpc) is 2.92. The summed E-state index contributed by atoms with van der Waals surface area (Å²) in [6, 6.07) is 0.204. The summed E-state index contributed by atoms with van der Waals surface area (Å²) in [6.45, 7) is 5.54. The molecule has 0 aromatic carbocycles. The number of aryl methyl sites for hydroxylation is 1. The zero-order valence-electron chi connectivity index (χ0n) is 11.4. The first kappa shape index (κ1) is 13.9. The largest absolute Gasteiger partial charge is 0.464 e. The highest BCUT2D eigenvalue weighted by atomic mass is 16.5. The van der Waals surface area contributed by atoms with Crippen LogP contribution in [0, 0.1) is 0 Å². The van der Waals surface area contributed by atoms with Gasteiger partial charge in [-0.05, 0) is 13.8 Å². The maximum atomic E-state index is 5.31. The third-order valence-corrected chi connectivity index (χ3v) is 2.46. The fraction of sp³-hybridized carbons (Fsp3) is 0.500. The summed E-state index contributed by atoms with van der Waals surface area (Å²) in [5.41, 5.74) is 2.37. The molecule has 0 aliphatic rings. The fourth-order valence-electron chi connectivity index (χ4n) is 1.53. The van der Waals surface area contributed by atoms with E-state index < -0.39 is 0 Å². The minimum Gasteiger partial charge on any atom is -0.464 e. The van der Waals surface area contributed by atoms with Crippen molar-refractivity contribution in [3.63, 3.8) is 0 Å². The van der Waals surface area contributed by atoms with Crippen molar-refractivity contribution in [2.75, 3.05) is 17.3 Å². The van der Waals surface area contributed by atoms with Gasteiger partial charge in [-0.15, -0.1) is 10.2 Å². The molecule has 0 fully saturated rings. The molecule has 10 heteroatoms. The summed E-state index contributed by atoms with van der Waals surface area (Å²) in [7, 11) is 0. The maximum Gasteiger partial charge on any atom is 0.323 e. The summed E-state index contributed by atoms with van der Waals surface area (Å²) in [5.74, 6) is 6.67. The second kappa shape index (κ2) is 6.61. The quantitative estimate of drug-likeness (QED) is 0.465. The van der Waals surface area contributed by atoms with E-state index in [1.165, 1.54) is 0 Å². The van der Waals surface area contributed by atoms with Crippen molar-refractivity contribution in [3.8, 4) is 6.01 Å². The van der Waals surface area contributed by atoms with Crippen molar-refractivity contribution in [2.24, 2.45) is 5.84 Å². The molecule has 0 unspecified atom stereocenters. The average molecular weight is 279 g/mol. The topological polar surface area (TPSA) is 129 Å². The van der Waals surface area contributed by atoms with Gasteiger partial charge in [0.1, 0.15) is 6.33 Å². The second-order valence-corrected chi connectivity index (χ2v) is 3.73. The predicted octanol–water partition coefficient (Wildman–Crippen LogP) is -0.221. The number of nitrogens with two attached hydrogens (primary N) is 1. The van der Waals surface area contributed by atoms with Crippen LogP contribution in [-0.2, 0) is 13.1 Å². The molecule has 20 heavy (non-hydrogen) atoms. The number of rotatable bonds is 7. The van der Waals surface area contributed by atoms with Crippen LogP contribution in [0.2, 0.25) is 0 Å². The summed E-state index contributed by atoms with van der Waals surface area (Å²) < 4.78 is 7.16. The SMILES string of the molecule is CCOc1nc(NN)nc(NCc2nncn2CC)n1. The van der Waals surface area contributed by atoms with Crippen LogP contribution in [0.15, 0.2) is 6.33 Å². The number of hydrazine groups is 1. The molecular formula is C10H17N9O. The van der Waals surface area contributed by atoms with Gasteiger partial charge >= 0.3 is 6.01 Å². The zero-order valence-corrected chi connectivity index (χ0v) is 11.4. The molecule has 2 aromatic heterocycles. The Bertz CT molecular complexity index is 555. The normalized spacial score (nSPS) is 10.3. The van der Waals surface area contributed by atoms with Crippen LogP contribution in [0.25, 0.3) is 0 Å². The first-order valence-corrected chi connectivity index (χ1v) is 6.22. The lowest BCUT2D eigenvalue weighted by atomic mass is 10.5. The van der Waals surface area contributed by atoms with Gasteiger partial charge in [0.25, 0.3) is 0 Å². The van der Waals surface area contributed by atoms with Crippen LogP contribution in [-0.4, -0.2) is 36.3 Å². The second-order valence-electron chi connectivity index (χ2n) is 3.73. The number of aromatic nitrogens is 6. The van der Waals surface area contributed by atoms with Gasteiger partial charge in [-0.3, -0.25) is 5.43 Å². The van der Waals surface area contributed by atoms with Gasteiger partial charge in [0.2, 0.25) is 11.9 Å². The molecular weight excluding hydrogens is 262 g/mol. The number of anilines is 2. The molecule has 108 valence electrons. The fourth-order valence-corrected chi connectivity index (χ4v) is 1.53. The first-order valence-electron chi connectivity index (χ1n) is 6.22. The monoisotopic (exact) mass is 279 g/mol. The Kier molecular flexibility index (Phi) is 4.60. The van der Waals surface area contributed by atoms with E-state index in [1.807, 2.05) is 18.4 Å². The van der Waals surface area contributed by atoms with Crippen LogP contribution < -0.4 is 21.3 Å². The van der Waals surface area contributed by atoms with E-state index in [1.54, 1.807) is 6.33 Å². The Morgan fingerprint density at radius 3 is 2.75 bits per heavy atom. The maximum absolute atomic E-state index is 5.31. The molecule has 2 rings (SSSR count). The van der Waals surface area contributed by atoms with Crippen molar-refractivity contribution < 1.29 is 4.74 Å². The molecule has 0 radical (unpaired) electrons. The molecule has 0 amide bonds. The van der Waals surface area contributed by atoms with E-state index in [-0.39, 0.29) is 12.0 Å². The smallest absolute Gasteiger partial charge is 0.323 e. The number of hydrogen-bond acceptors (Lipinski definition) is 9. The van der Waals surface area contributed by atoms with E-state index in [2.05, 4.69) is 35.9 Å². The van der Waals surface area contributed by atoms with Crippen molar-refractivity contribution in [1.29, 1.82) is 0 Å². The number of nitrogens with one attached hydrogen (secondary N) is 2. The Morgan fingerprint density at radius 1 is 1.25 bits per heavy atom. The third kappa shape index (κ3) is 3.29. The molecule has 2 aromatic rings. The van der Waals surface area contributed by atoms with E-state index in [0.29, 0.717) is 19.1 Å². The lowest BCUT2D eigenvalue weighted by Crippen LogP contribution is -2.15. The van der Waals surface area contributed by atoms with Crippen LogP contribution in [0.3, 0.4) is 0 Å². The Balaban J connectivity index is 2.10. The number of nitrogens with zero attached hydrogens (tertiary/aromatic N) is 6. The number of hydrogen-bond donors (Lipinski definition) is 3. The van der Waals surface area contributed by atoms with Crippen LogP contribution in [0.1, 0.15) is 19.7 Å². The van der Waals surface area contributed by atoms with Crippen LogP contribution >= 0.6 is 0 Å². The van der Waals surface area contributed by atoms with Gasteiger partial charge in [0.05, 0.1) is 13.2 Å². The van der Waals surface area contributed by atoms with E-state index in [9.17, 15) is 0 Å². The molecule has 0 aliphatic heterocycles. The molecule has 0 bridgehead atoms. The molecule has 4 N–H and O–H groups in total. The van der Waals surface area contributed by atoms with Gasteiger partial charge in [-0.1, -0.05) is 0 Å². The van der Waals surface area contributed by atoms with E-state index in [4.69, 9.17) is 10.6 Å². The summed E-state index contributed by atoms with van der Waals surface area (Å²) >= 11 is 0. The Morgan fingerprint density at radius 2 is 2.05 bits per heavy atom. The standard InChI is InChI=1S/C10H17N9O/c1-3-19-6-13-18-7(19)5-12-8-14-9(17-11)16-10(15-8)20-4-2/h6H,3-5,11H2,1-2H3,(H2,12,14,15,16,17). The summed E-state index contributed by atoms with van der Waals surface area (Å²) in [6.07, 6.45) is 1.67. The van der Waals surface area contributed by atoms with Gasteiger partial charge in [-0.25, -0.2) is 5.84 Å². The minimum atomic E-state index is 0.204. The third-order valence-electron chi connectivity index (χ3n) is 2.46. The molecule has 2 heterocycles. The molecule has 0 saturated carbocycles. The highest BCUT2D eigenvalue weighted by Gasteiger charge is 2.08. The van der Waals surface area contributed by atoms with Crippen LogP contribution in [0.5, 0.6) is 6.01 Å². The van der Waals surface area contributed by atoms with Gasteiger partial charge in [0.15, 0.2) is 5.82 Å². The molecule has 0 atom stereocenters. The lowest BCUT2D eigenvalue weighted by Gasteiger charge is -2.08. The van der Waals surface area contributed by atoms with Gasteiger partial charge < -0.3 is 14.6 Å². The van der Waals surface area contributed by atoms with Crippen molar-refractivity contribution >= 4 is 11.9 Å². The molecule has 10 nitrogen and oxygen atoms in total. The van der Waals surface area contributed by atoms with Crippen molar-refractivity contribution in [2.45, 2.75) is 26.9 Å². The van der Waals surface area contributed by atoms with Gasteiger partial charge in [-0.2, -0.15) is 15.0 Å². The summed E-state index contributed by atoms with van der Waals surface area (Å²) in [4.78, 5) is 12.2. The highest BCUT2D eigenvalue weighted by Crippen LogP contribution is 2.11. The first-order chi connectivity index (χ1) is 9.76. The Labute approximate surface area is 115 Å². The van der Waals surface area contributed by atoms with Gasteiger partial charge in [0, 0.05) is 6.54 Å². The lowest BCUT2D eigenvalue weighted by molar-refractivity contribution is 0.312. The highest BCUT2D eigenvalue weighted by molar-refractivity contribution is 5.34. The van der Waals surface area contributed by atoms with E-state index in [0.717, 1.165) is 12.4 Å².